The number of benzene rings is 2. The van der Waals surface area contributed by atoms with E-state index in [0.717, 1.165) is 0 Å². The fourth-order valence-corrected chi connectivity index (χ4v) is 1.85. The van der Waals surface area contributed by atoms with Crippen molar-refractivity contribution in [2.24, 2.45) is 0 Å². The first-order valence-corrected chi connectivity index (χ1v) is 4.99. The molecule has 2 rings (SSSR count). The minimum Gasteiger partial charge on any atom is -0.545 e. The average Bonchev–Trinajstić information content (AvgIpc) is 2.35. The molecule has 0 saturated heterocycles. The number of carbonyl (C=O) groups excluding carboxylic acids is 1. The fourth-order valence-electron chi connectivity index (χ4n) is 1.85. The van der Waals surface area contributed by atoms with Crippen molar-refractivity contribution in [2.75, 3.05) is 0 Å². The van der Waals surface area contributed by atoms with Crippen molar-refractivity contribution in [1.82, 2.24) is 0 Å². The minimum absolute atomic E-state index is 0. The Bertz CT molecular complexity index is 730. The largest absolute Gasteiger partial charge is 1.00 e. The second kappa shape index (κ2) is 5.95. The van der Waals surface area contributed by atoms with Crippen LogP contribution in [0.3, 0.4) is 0 Å². The van der Waals surface area contributed by atoms with Gasteiger partial charge in [0.1, 0.15) is 0 Å². The first-order valence-electron chi connectivity index (χ1n) is 4.99. The SMILES string of the molecule is O=C([O-])c1c([N+](=O)[O-])cc([N+](=O)[O-])c2ccccc12.[Na+]. The molecule has 96 valence electrons. The molecule has 0 aromatic heterocycles. The van der Waals surface area contributed by atoms with Crippen LogP contribution in [0.2, 0.25) is 0 Å². The first kappa shape index (κ1) is 16.0. The van der Waals surface area contributed by atoms with Gasteiger partial charge in [0.2, 0.25) is 0 Å². The standard InChI is InChI=1S/C11H6N2O6.Na/c14-11(15)10-7-4-2-1-3-6(7)8(12(16)17)5-9(10)13(18)19;/h1-5H,(H,14,15);/q;+1/p-1. The van der Waals surface area contributed by atoms with Crippen LogP contribution in [-0.4, -0.2) is 15.8 Å². The van der Waals surface area contributed by atoms with Crippen molar-refractivity contribution in [1.29, 1.82) is 0 Å². The van der Waals surface area contributed by atoms with Crippen LogP contribution in [0.5, 0.6) is 0 Å². The summed E-state index contributed by atoms with van der Waals surface area (Å²) in [7, 11) is 0. The molecule has 0 heterocycles. The van der Waals surface area contributed by atoms with E-state index in [-0.39, 0.29) is 40.3 Å². The van der Waals surface area contributed by atoms with Gasteiger partial charge >= 0.3 is 29.6 Å². The Morgan fingerprint density at radius 3 is 1.90 bits per heavy atom. The molecule has 0 N–H and O–H groups in total. The summed E-state index contributed by atoms with van der Waals surface area (Å²) in [5.74, 6) is -1.75. The smallest absolute Gasteiger partial charge is 0.545 e. The zero-order valence-electron chi connectivity index (χ0n) is 10.2. The van der Waals surface area contributed by atoms with Gasteiger partial charge in [-0.25, -0.2) is 0 Å². The molecule has 8 nitrogen and oxygen atoms in total. The molecule has 0 saturated carbocycles. The molecule has 0 radical (unpaired) electrons. The number of hydrogen-bond donors (Lipinski definition) is 0. The molecule has 9 heteroatoms. The van der Waals surface area contributed by atoms with E-state index in [2.05, 4.69) is 0 Å². The Balaban J connectivity index is 0.00000200. The van der Waals surface area contributed by atoms with Crippen LogP contribution in [0.1, 0.15) is 10.4 Å². The van der Waals surface area contributed by atoms with E-state index >= 15 is 0 Å². The second-order valence-electron chi connectivity index (χ2n) is 3.64. The molecule has 0 spiro atoms. The van der Waals surface area contributed by atoms with Crippen LogP contribution in [0.15, 0.2) is 30.3 Å². The summed E-state index contributed by atoms with van der Waals surface area (Å²) >= 11 is 0. The van der Waals surface area contributed by atoms with Crippen LogP contribution in [0.25, 0.3) is 10.8 Å². The molecule has 0 amide bonds. The van der Waals surface area contributed by atoms with E-state index in [4.69, 9.17) is 0 Å². The van der Waals surface area contributed by atoms with Gasteiger partial charge in [-0.15, -0.1) is 0 Å². The molecule has 2 aromatic carbocycles. The first-order chi connectivity index (χ1) is 8.93. The third-order valence-electron chi connectivity index (χ3n) is 2.60. The maximum Gasteiger partial charge on any atom is 1.00 e. The number of nitro groups is 2. The number of fused-ring (bicyclic) bond motifs is 1. The van der Waals surface area contributed by atoms with Crippen molar-refractivity contribution in [3.8, 4) is 0 Å². The van der Waals surface area contributed by atoms with E-state index in [0.29, 0.717) is 6.07 Å². The number of carboxylic acids is 1. The van der Waals surface area contributed by atoms with E-state index < -0.39 is 32.8 Å². The van der Waals surface area contributed by atoms with Crippen molar-refractivity contribution in [3.63, 3.8) is 0 Å². The summed E-state index contributed by atoms with van der Waals surface area (Å²) in [5, 5.41) is 32.7. The number of nitrogens with zero attached hydrogens (tertiary/aromatic N) is 2. The molecule has 0 aliphatic carbocycles. The molecule has 0 fully saturated rings. The summed E-state index contributed by atoms with van der Waals surface area (Å²) in [6, 6.07) is 6.13. The molecule has 0 aliphatic heterocycles. The Morgan fingerprint density at radius 2 is 1.45 bits per heavy atom. The van der Waals surface area contributed by atoms with Gasteiger partial charge in [-0.3, -0.25) is 20.2 Å². The molecule has 0 unspecified atom stereocenters. The van der Waals surface area contributed by atoms with E-state index in [1.54, 1.807) is 0 Å². The van der Waals surface area contributed by atoms with Crippen LogP contribution >= 0.6 is 0 Å². The summed E-state index contributed by atoms with van der Waals surface area (Å²) in [5.41, 5.74) is -2.04. The third-order valence-corrected chi connectivity index (χ3v) is 2.60. The van der Waals surface area contributed by atoms with E-state index in [1.807, 2.05) is 0 Å². The number of non-ortho nitro benzene ring substituents is 1. The molecule has 20 heavy (non-hydrogen) atoms. The van der Waals surface area contributed by atoms with Crippen LogP contribution in [-0.2, 0) is 0 Å². The predicted molar refractivity (Wildman–Crippen MR) is 61.6 cm³/mol. The normalized spacial score (nSPS) is 9.80. The Hall–Kier alpha value is -2.03. The number of carboxylic acid groups (broad SMARTS) is 1. The van der Waals surface area contributed by atoms with E-state index in [9.17, 15) is 30.1 Å². The molecular weight excluding hydrogens is 279 g/mol. The van der Waals surface area contributed by atoms with Crippen molar-refractivity contribution < 1.29 is 49.3 Å². The molecular formula is C11H5N2NaO6. The summed E-state index contributed by atoms with van der Waals surface area (Å²) in [4.78, 5) is 31.0. The Kier molecular flexibility index (Phi) is 4.77. The van der Waals surface area contributed by atoms with Gasteiger partial charge in [0.15, 0.2) is 0 Å². The topological polar surface area (TPSA) is 126 Å². The monoisotopic (exact) mass is 284 g/mol. The number of rotatable bonds is 3. The minimum atomic E-state index is -1.75. The maximum absolute atomic E-state index is 11.0. The zero-order valence-corrected chi connectivity index (χ0v) is 12.2. The number of carbonyl (C=O) groups is 1. The summed E-state index contributed by atoms with van der Waals surface area (Å²) < 4.78 is 0. The zero-order chi connectivity index (χ0) is 14.2. The van der Waals surface area contributed by atoms with Crippen LogP contribution in [0.4, 0.5) is 11.4 Å². The van der Waals surface area contributed by atoms with Gasteiger partial charge in [0.05, 0.1) is 32.8 Å². The van der Waals surface area contributed by atoms with Crippen LogP contribution in [0, 0.1) is 20.2 Å². The molecule has 2 aromatic rings. The molecule has 0 atom stereocenters. The fraction of sp³-hybridized carbons (Fsp3) is 0. The number of hydrogen-bond acceptors (Lipinski definition) is 6. The molecule has 0 bridgehead atoms. The van der Waals surface area contributed by atoms with Crippen molar-refractivity contribution in [3.05, 3.63) is 56.1 Å². The average molecular weight is 284 g/mol. The van der Waals surface area contributed by atoms with Gasteiger partial charge in [0.25, 0.3) is 11.4 Å². The predicted octanol–water partition coefficient (Wildman–Crippen LogP) is -1.98. The van der Waals surface area contributed by atoms with E-state index in [1.165, 1.54) is 24.3 Å². The Morgan fingerprint density at radius 1 is 0.950 bits per heavy atom. The quantitative estimate of drug-likeness (QED) is 0.365. The summed E-state index contributed by atoms with van der Waals surface area (Å²) in [6.07, 6.45) is 0. The Labute approximate surface area is 133 Å². The molecule has 0 aliphatic rings. The van der Waals surface area contributed by atoms with Crippen molar-refractivity contribution >= 4 is 28.1 Å². The maximum atomic E-state index is 11.0. The number of aromatic carboxylic acids is 1. The third kappa shape index (κ3) is 2.62. The van der Waals surface area contributed by atoms with Gasteiger partial charge in [-0.1, -0.05) is 18.2 Å². The van der Waals surface area contributed by atoms with Gasteiger partial charge in [-0.05, 0) is 6.07 Å². The summed E-state index contributed by atoms with van der Waals surface area (Å²) in [6.45, 7) is 0. The second-order valence-corrected chi connectivity index (χ2v) is 3.64. The van der Waals surface area contributed by atoms with Gasteiger partial charge in [-0.2, -0.15) is 0 Å². The van der Waals surface area contributed by atoms with Crippen molar-refractivity contribution in [2.45, 2.75) is 0 Å². The van der Waals surface area contributed by atoms with Gasteiger partial charge < -0.3 is 9.90 Å². The van der Waals surface area contributed by atoms with Crippen LogP contribution < -0.4 is 34.7 Å². The van der Waals surface area contributed by atoms with Gasteiger partial charge in [0, 0.05) is 5.39 Å². The number of nitro benzene ring substituents is 2.